The van der Waals surface area contributed by atoms with Crippen LogP contribution in [0, 0.1) is 6.92 Å². The van der Waals surface area contributed by atoms with Crippen molar-refractivity contribution in [1.82, 2.24) is 4.98 Å². The van der Waals surface area contributed by atoms with E-state index in [9.17, 15) is 4.79 Å². The third-order valence-electron chi connectivity index (χ3n) is 1.36. The SMILES string of the molecule is Cc1nc(C=CCCl)sc1C(=O)O. The maximum absolute atomic E-state index is 10.6. The normalized spacial score (nSPS) is 10.9. The lowest BCUT2D eigenvalue weighted by Crippen LogP contribution is -1.94. The number of hydrogen-bond acceptors (Lipinski definition) is 3. The number of rotatable bonds is 3. The minimum atomic E-state index is -0.930. The second-order valence-electron chi connectivity index (χ2n) is 2.33. The van der Waals surface area contributed by atoms with E-state index in [4.69, 9.17) is 16.7 Å². The van der Waals surface area contributed by atoms with Crippen LogP contribution in [0.25, 0.3) is 6.08 Å². The van der Waals surface area contributed by atoms with Gasteiger partial charge in [-0.2, -0.15) is 0 Å². The number of halogens is 1. The summed E-state index contributed by atoms with van der Waals surface area (Å²) < 4.78 is 0. The van der Waals surface area contributed by atoms with Crippen molar-refractivity contribution in [2.24, 2.45) is 0 Å². The fraction of sp³-hybridized carbons (Fsp3) is 0.250. The number of allylic oxidation sites excluding steroid dienone is 1. The molecule has 5 heteroatoms. The van der Waals surface area contributed by atoms with E-state index < -0.39 is 5.97 Å². The van der Waals surface area contributed by atoms with Gasteiger partial charge < -0.3 is 5.11 Å². The lowest BCUT2D eigenvalue weighted by Gasteiger charge is -1.84. The van der Waals surface area contributed by atoms with Gasteiger partial charge in [-0.05, 0) is 13.0 Å². The molecule has 0 spiro atoms. The van der Waals surface area contributed by atoms with E-state index in [1.165, 1.54) is 0 Å². The first-order valence-electron chi connectivity index (χ1n) is 3.58. The molecule has 0 aromatic carbocycles. The van der Waals surface area contributed by atoms with Crippen LogP contribution in [0.5, 0.6) is 0 Å². The summed E-state index contributed by atoms with van der Waals surface area (Å²) in [6, 6.07) is 0. The minimum Gasteiger partial charge on any atom is -0.477 e. The van der Waals surface area contributed by atoms with Crippen molar-refractivity contribution in [3.63, 3.8) is 0 Å². The van der Waals surface area contributed by atoms with Gasteiger partial charge in [0, 0.05) is 5.88 Å². The number of carbonyl (C=O) groups is 1. The standard InChI is InChI=1S/C8H8ClNO2S/c1-5-7(8(11)12)13-6(10-5)3-2-4-9/h2-3H,4H2,1H3,(H,11,12). The van der Waals surface area contributed by atoms with Crippen LogP contribution < -0.4 is 0 Å². The molecule has 3 nitrogen and oxygen atoms in total. The van der Waals surface area contributed by atoms with Crippen molar-refractivity contribution in [1.29, 1.82) is 0 Å². The number of nitrogens with zero attached hydrogens (tertiary/aromatic N) is 1. The van der Waals surface area contributed by atoms with Crippen molar-refractivity contribution >= 4 is 35.0 Å². The first-order valence-corrected chi connectivity index (χ1v) is 4.93. The zero-order valence-corrected chi connectivity index (χ0v) is 8.52. The molecule has 1 rings (SSSR count). The minimum absolute atomic E-state index is 0.286. The summed E-state index contributed by atoms with van der Waals surface area (Å²) in [7, 11) is 0. The van der Waals surface area contributed by atoms with Crippen LogP contribution in [0.2, 0.25) is 0 Å². The fourth-order valence-corrected chi connectivity index (χ4v) is 1.76. The number of aromatic nitrogens is 1. The van der Waals surface area contributed by atoms with Gasteiger partial charge in [0.25, 0.3) is 0 Å². The van der Waals surface area contributed by atoms with E-state index in [0.29, 0.717) is 16.6 Å². The van der Waals surface area contributed by atoms with Gasteiger partial charge in [-0.1, -0.05) is 6.08 Å². The van der Waals surface area contributed by atoms with Crippen molar-refractivity contribution in [2.45, 2.75) is 6.92 Å². The largest absolute Gasteiger partial charge is 0.477 e. The second-order valence-corrected chi connectivity index (χ2v) is 3.67. The number of carboxylic acid groups (broad SMARTS) is 1. The first kappa shape index (κ1) is 10.2. The van der Waals surface area contributed by atoms with Gasteiger partial charge in [0.2, 0.25) is 0 Å². The summed E-state index contributed by atoms with van der Waals surface area (Å²) >= 11 is 6.59. The Morgan fingerprint density at radius 1 is 1.77 bits per heavy atom. The summed E-state index contributed by atoms with van der Waals surface area (Å²) in [6.45, 7) is 1.68. The number of aromatic carboxylic acids is 1. The highest BCUT2D eigenvalue weighted by atomic mass is 35.5. The van der Waals surface area contributed by atoms with Gasteiger partial charge in [-0.3, -0.25) is 0 Å². The lowest BCUT2D eigenvalue weighted by atomic mass is 10.4. The van der Waals surface area contributed by atoms with Gasteiger partial charge in [0.1, 0.15) is 9.88 Å². The molecule has 0 aliphatic heterocycles. The smallest absolute Gasteiger partial charge is 0.347 e. The van der Waals surface area contributed by atoms with Crippen molar-refractivity contribution in [3.8, 4) is 0 Å². The molecule has 13 heavy (non-hydrogen) atoms. The van der Waals surface area contributed by atoms with Gasteiger partial charge in [0.05, 0.1) is 5.69 Å². The molecule has 1 heterocycles. The number of hydrogen-bond donors (Lipinski definition) is 1. The summed E-state index contributed by atoms with van der Waals surface area (Å²) in [4.78, 5) is 15.0. The highest BCUT2D eigenvalue weighted by Crippen LogP contribution is 2.18. The highest BCUT2D eigenvalue weighted by molar-refractivity contribution is 7.14. The van der Waals surface area contributed by atoms with Gasteiger partial charge in [-0.15, -0.1) is 22.9 Å². The average molecular weight is 218 g/mol. The number of carboxylic acids is 1. The number of aryl methyl sites for hydroxylation is 1. The molecule has 70 valence electrons. The van der Waals surface area contributed by atoms with Crippen LogP contribution >= 0.6 is 22.9 Å². The first-order chi connectivity index (χ1) is 6.15. The molecular formula is C8H8ClNO2S. The van der Waals surface area contributed by atoms with E-state index in [1.54, 1.807) is 19.1 Å². The maximum atomic E-state index is 10.6. The van der Waals surface area contributed by atoms with Crippen molar-refractivity contribution in [2.75, 3.05) is 5.88 Å². The molecule has 0 saturated heterocycles. The Morgan fingerprint density at radius 2 is 2.46 bits per heavy atom. The molecule has 0 radical (unpaired) electrons. The summed E-state index contributed by atoms with van der Waals surface area (Å²) in [5.41, 5.74) is 0.548. The van der Waals surface area contributed by atoms with Crippen molar-refractivity contribution in [3.05, 3.63) is 21.7 Å². The van der Waals surface area contributed by atoms with E-state index in [1.807, 2.05) is 0 Å². The summed E-state index contributed by atoms with van der Waals surface area (Å²) in [6.07, 6.45) is 3.45. The molecule has 0 fully saturated rings. The van der Waals surface area contributed by atoms with Crippen LogP contribution in [-0.4, -0.2) is 21.9 Å². The molecule has 1 aromatic heterocycles. The van der Waals surface area contributed by atoms with E-state index in [-0.39, 0.29) is 4.88 Å². The topological polar surface area (TPSA) is 50.2 Å². The van der Waals surface area contributed by atoms with Gasteiger partial charge in [0.15, 0.2) is 0 Å². The predicted octanol–water partition coefficient (Wildman–Crippen LogP) is 2.40. The quantitative estimate of drug-likeness (QED) is 0.791. The highest BCUT2D eigenvalue weighted by Gasteiger charge is 2.11. The maximum Gasteiger partial charge on any atom is 0.347 e. The third-order valence-corrected chi connectivity index (χ3v) is 2.65. The molecule has 0 unspecified atom stereocenters. The Kier molecular flexibility index (Phi) is 3.45. The van der Waals surface area contributed by atoms with E-state index in [0.717, 1.165) is 11.3 Å². The Hall–Kier alpha value is -0.870. The fourth-order valence-electron chi connectivity index (χ4n) is 0.832. The Bertz CT molecular complexity index is 346. The Labute approximate surface area is 84.7 Å². The second kappa shape index (κ2) is 4.39. The molecule has 0 atom stereocenters. The van der Waals surface area contributed by atoms with Crippen molar-refractivity contribution < 1.29 is 9.90 Å². The van der Waals surface area contributed by atoms with E-state index in [2.05, 4.69) is 4.98 Å². The summed E-state index contributed by atoms with van der Waals surface area (Å²) in [5.74, 6) is -0.526. The van der Waals surface area contributed by atoms with Crippen LogP contribution in [0.4, 0.5) is 0 Å². The number of thiazole rings is 1. The molecule has 0 bridgehead atoms. The number of alkyl halides is 1. The molecule has 1 aromatic rings. The third kappa shape index (κ3) is 2.54. The van der Waals surface area contributed by atoms with Crippen LogP contribution in [0.1, 0.15) is 20.4 Å². The van der Waals surface area contributed by atoms with E-state index >= 15 is 0 Å². The zero-order chi connectivity index (χ0) is 9.84. The molecule has 0 saturated carbocycles. The molecule has 0 amide bonds. The monoisotopic (exact) mass is 217 g/mol. The molecular weight excluding hydrogens is 210 g/mol. The molecule has 1 N–H and O–H groups in total. The summed E-state index contributed by atoms with van der Waals surface area (Å²) in [5, 5.41) is 9.40. The Balaban J connectivity index is 2.95. The molecule has 0 aliphatic carbocycles. The predicted molar refractivity (Wildman–Crippen MR) is 53.6 cm³/mol. The van der Waals surface area contributed by atoms with Crippen LogP contribution in [-0.2, 0) is 0 Å². The average Bonchev–Trinajstić information content (AvgIpc) is 2.43. The van der Waals surface area contributed by atoms with Gasteiger partial charge in [-0.25, -0.2) is 9.78 Å². The lowest BCUT2D eigenvalue weighted by molar-refractivity contribution is 0.0701. The Morgan fingerprint density at radius 3 is 2.92 bits per heavy atom. The zero-order valence-electron chi connectivity index (χ0n) is 6.95. The van der Waals surface area contributed by atoms with Gasteiger partial charge >= 0.3 is 5.97 Å². The van der Waals surface area contributed by atoms with Crippen LogP contribution in [0.3, 0.4) is 0 Å². The molecule has 0 aliphatic rings. The van der Waals surface area contributed by atoms with Crippen LogP contribution in [0.15, 0.2) is 6.08 Å².